The van der Waals surface area contributed by atoms with Crippen LogP contribution in [0.25, 0.3) is 10.9 Å². The molecule has 3 heteroatoms. The van der Waals surface area contributed by atoms with Crippen LogP contribution in [0.1, 0.15) is 31.2 Å². The number of carbonyl (C=O) groups is 1. The van der Waals surface area contributed by atoms with E-state index < -0.39 is 0 Å². The van der Waals surface area contributed by atoms with Gasteiger partial charge in [0.2, 0.25) is 5.91 Å². The lowest BCUT2D eigenvalue weighted by molar-refractivity contribution is -0.131. The SMILES string of the molecule is Cn1cc(CC(=O)N2CC3CCC(CC3)C2)c2ccccc21. The van der Waals surface area contributed by atoms with Gasteiger partial charge in [-0.05, 0) is 49.1 Å². The van der Waals surface area contributed by atoms with Crippen LogP contribution in [0, 0.1) is 11.8 Å². The highest BCUT2D eigenvalue weighted by Gasteiger charge is 2.31. The molecule has 1 amide bonds. The summed E-state index contributed by atoms with van der Waals surface area (Å²) in [6.07, 6.45) is 7.95. The fraction of sp³-hybridized carbons (Fsp3) is 0.526. The maximum atomic E-state index is 12.8. The van der Waals surface area contributed by atoms with E-state index in [0.717, 1.165) is 24.9 Å². The minimum absolute atomic E-state index is 0.315. The van der Waals surface area contributed by atoms with Crippen molar-refractivity contribution in [2.45, 2.75) is 32.1 Å². The van der Waals surface area contributed by atoms with Gasteiger partial charge in [-0.25, -0.2) is 0 Å². The minimum Gasteiger partial charge on any atom is -0.350 e. The first-order chi connectivity index (χ1) is 10.7. The predicted molar refractivity (Wildman–Crippen MR) is 88.7 cm³/mol. The highest BCUT2D eigenvalue weighted by Crippen LogP contribution is 2.34. The number of hydrogen-bond acceptors (Lipinski definition) is 1. The average molecular weight is 296 g/mol. The minimum atomic E-state index is 0.315. The van der Waals surface area contributed by atoms with Crippen LogP contribution in [-0.4, -0.2) is 28.5 Å². The average Bonchev–Trinajstić information content (AvgIpc) is 2.73. The van der Waals surface area contributed by atoms with Gasteiger partial charge in [-0.2, -0.15) is 0 Å². The number of para-hydroxylation sites is 1. The third-order valence-electron chi connectivity index (χ3n) is 5.60. The van der Waals surface area contributed by atoms with Crippen molar-refractivity contribution in [3.63, 3.8) is 0 Å². The smallest absolute Gasteiger partial charge is 0.227 e. The number of aryl methyl sites for hydroxylation is 1. The first-order valence-electron chi connectivity index (χ1n) is 8.51. The fourth-order valence-corrected chi connectivity index (χ4v) is 4.34. The van der Waals surface area contributed by atoms with Crippen LogP contribution >= 0.6 is 0 Å². The van der Waals surface area contributed by atoms with E-state index >= 15 is 0 Å². The topological polar surface area (TPSA) is 25.2 Å². The Balaban J connectivity index is 1.56. The molecule has 0 unspecified atom stereocenters. The van der Waals surface area contributed by atoms with Gasteiger partial charge in [-0.15, -0.1) is 0 Å². The van der Waals surface area contributed by atoms with E-state index in [9.17, 15) is 4.79 Å². The summed E-state index contributed by atoms with van der Waals surface area (Å²) < 4.78 is 2.13. The molecule has 3 aliphatic rings. The summed E-state index contributed by atoms with van der Waals surface area (Å²) >= 11 is 0. The second-order valence-electron chi connectivity index (χ2n) is 7.14. The van der Waals surface area contributed by atoms with E-state index in [1.54, 1.807) is 0 Å². The van der Waals surface area contributed by atoms with Gasteiger partial charge in [0.1, 0.15) is 0 Å². The first-order valence-corrected chi connectivity index (χ1v) is 8.51. The third kappa shape index (κ3) is 2.43. The molecule has 1 aliphatic carbocycles. The zero-order valence-corrected chi connectivity index (χ0v) is 13.3. The molecule has 3 heterocycles. The molecule has 0 radical (unpaired) electrons. The Bertz CT molecular complexity index is 681. The van der Waals surface area contributed by atoms with Crippen molar-refractivity contribution in [2.75, 3.05) is 13.1 Å². The van der Waals surface area contributed by atoms with Gasteiger partial charge in [0, 0.05) is 37.2 Å². The zero-order valence-electron chi connectivity index (χ0n) is 13.3. The molecule has 3 fully saturated rings. The van der Waals surface area contributed by atoms with Crippen molar-refractivity contribution in [3.8, 4) is 0 Å². The van der Waals surface area contributed by atoms with Crippen LogP contribution in [-0.2, 0) is 18.3 Å². The molecule has 1 saturated carbocycles. The van der Waals surface area contributed by atoms with E-state index in [1.807, 2.05) is 0 Å². The van der Waals surface area contributed by atoms with Crippen molar-refractivity contribution in [1.82, 2.24) is 9.47 Å². The van der Waals surface area contributed by atoms with E-state index in [-0.39, 0.29) is 0 Å². The van der Waals surface area contributed by atoms with E-state index in [2.05, 4.69) is 47.0 Å². The predicted octanol–water partition coefficient (Wildman–Crippen LogP) is 3.37. The lowest BCUT2D eigenvalue weighted by Crippen LogP contribution is -2.35. The Morgan fingerprint density at radius 1 is 1.09 bits per heavy atom. The number of carbonyl (C=O) groups excluding carboxylic acids is 1. The van der Waals surface area contributed by atoms with Crippen LogP contribution in [0.2, 0.25) is 0 Å². The van der Waals surface area contributed by atoms with Crippen molar-refractivity contribution in [1.29, 1.82) is 0 Å². The van der Waals surface area contributed by atoms with E-state index in [4.69, 9.17) is 0 Å². The molecular formula is C19H24N2O. The number of fused-ring (bicyclic) bond motifs is 5. The molecular weight excluding hydrogens is 272 g/mol. The van der Waals surface area contributed by atoms with E-state index in [0.29, 0.717) is 12.3 Å². The zero-order chi connectivity index (χ0) is 15.1. The molecule has 2 bridgehead atoms. The maximum absolute atomic E-state index is 12.8. The third-order valence-corrected chi connectivity index (χ3v) is 5.60. The molecule has 1 aromatic heterocycles. The largest absolute Gasteiger partial charge is 0.350 e. The van der Waals surface area contributed by atoms with Gasteiger partial charge in [0.15, 0.2) is 0 Å². The quantitative estimate of drug-likeness (QED) is 0.834. The van der Waals surface area contributed by atoms with Crippen LogP contribution in [0.15, 0.2) is 30.5 Å². The van der Waals surface area contributed by atoms with Crippen LogP contribution in [0.3, 0.4) is 0 Å². The highest BCUT2D eigenvalue weighted by atomic mass is 16.2. The Morgan fingerprint density at radius 2 is 1.73 bits per heavy atom. The fourth-order valence-electron chi connectivity index (χ4n) is 4.34. The number of aromatic nitrogens is 1. The van der Waals surface area contributed by atoms with Gasteiger partial charge in [-0.3, -0.25) is 4.79 Å². The van der Waals surface area contributed by atoms with Gasteiger partial charge in [0.05, 0.1) is 6.42 Å². The molecule has 0 atom stereocenters. The molecule has 0 N–H and O–H groups in total. The summed E-state index contributed by atoms with van der Waals surface area (Å²) in [5, 5.41) is 1.22. The van der Waals surface area contributed by atoms with Crippen molar-refractivity contribution in [2.24, 2.45) is 18.9 Å². The molecule has 22 heavy (non-hydrogen) atoms. The van der Waals surface area contributed by atoms with Crippen molar-refractivity contribution >= 4 is 16.8 Å². The summed E-state index contributed by atoms with van der Waals surface area (Å²) in [5.41, 5.74) is 2.38. The molecule has 2 aromatic rings. The first kappa shape index (κ1) is 13.9. The van der Waals surface area contributed by atoms with Crippen LogP contribution in [0.4, 0.5) is 0 Å². The lowest BCUT2D eigenvalue weighted by atomic mass is 9.84. The summed E-state index contributed by atoms with van der Waals surface area (Å²) in [5.74, 6) is 1.81. The van der Waals surface area contributed by atoms with Gasteiger partial charge in [-0.1, -0.05) is 18.2 Å². The number of rotatable bonds is 2. The van der Waals surface area contributed by atoms with Crippen LogP contribution in [0.5, 0.6) is 0 Å². The highest BCUT2D eigenvalue weighted by molar-refractivity contribution is 5.89. The summed E-state index contributed by atoms with van der Waals surface area (Å²) in [6, 6.07) is 8.36. The standard InChI is InChI=1S/C19H24N2O/c1-20-13-16(17-4-2-3-5-18(17)20)10-19(22)21-11-14-6-7-15(12-21)9-8-14/h2-5,13-15H,6-12H2,1H3. The Hall–Kier alpha value is -1.77. The molecule has 5 rings (SSSR count). The Morgan fingerprint density at radius 3 is 2.41 bits per heavy atom. The number of nitrogens with zero attached hydrogens (tertiary/aromatic N) is 2. The molecule has 0 spiro atoms. The van der Waals surface area contributed by atoms with Crippen molar-refractivity contribution < 1.29 is 4.79 Å². The summed E-state index contributed by atoms with van der Waals surface area (Å²) in [7, 11) is 2.06. The molecule has 116 valence electrons. The number of benzene rings is 1. The van der Waals surface area contributed by atoms with Gasteiger partial charge >= 0.3 is 0 Å². The van der Waals surface area contributed by atoms with Gasteiger partial charge in [0.25, 0.3) is 0 Å². The lowest BCUT2D eigenvalue weighted by Gasteiger charge is -2.22. The monoisotopic (exact) mass is 296 g/mol. The molecule has 2 aliphatic heterocycles. The van der Waals surface area contributed by atoms with Crippen LogP contribution < -0.4 is 0 Å². The Labute approximate surface area is 131 Å². The normalized spacial score (nSPS) is 24.7. The number of hydrogen-bond donors (Lipinski definition) is 0. The molecule has 2 saturated heterocycles. The van der Waals surface area contributed by atoms with E-state index in [1.165, 1.54) is 42.1 Å². The van der Waals surface area contributed by atoms with Gasteiger partial charge < -0.3 is 9.47 Å². The molecule has 3 nitrogen and oxygen atoms in total. The second kappa shape index (κ2) is 5.45. The summed E-state index contributed by atoms with van der Waals surface area (Å²) in [4.78, 5) is 15.0. The van der Waals surface area contributed by atoms with Crippen molar-refractivity contribution in [3.05, 3.63) is 36.0 Å². The maximum Gasteiger partial charge on any atom is 0.227 e. The molecule has 1 aromatic carbocycles. The second-order valence-corrected chi connectivity index (χ2v) is 7.14. The Kier molecular flexibility index (Phi) is 3.44. The summed E-state index contributed by atoms with van der Waals surface area (Å²) in [6.45, 7) is 1.97. The number of amides is 1.